The van der Waals surface area contributed by atoms with E-state index in [9.17, 15) is 0 Å². The Morgan fingerprint density at radius 2 is 1.92 bits per heavy atom. The standard InChI is InChI=1S/C9H14ClN3/c1-5(2)6(3)7-4-8(10)12-13-9(7)11/h4-6H,1-3H3,(H2,11,13). The van der Waals surface area contributed by atoms with Gasteiger partial charge in [-0.05, 0) is 17.9 Å². The van der Waals surface area contributed by atoms with Crippen LogP contribution in [0.5, 0.6) is 0 Å². The smallest absolute Gasteiger partial charge is 0.152 e. The van der Waals surface area contributed by atoms with E-state index in [2.05, 4.69) is 31.0 Å². The second kappa shape index (κ2) is 3.92. The van der Waals surface area contributed by atoms with E-state index in [1.165, 1.54) is 0 Å². The molecule has 4 heteroatoms. The van der Waals surface area contributed by atoms with Gasteiger partial charge in [-0.2, -0.15) is 0 Å². The number of hydrogen-bond donors (Lipinski definition) is 1. The lowest BCUT2D eigenvalue weighted by Gasteiger charge is -2.16. The first kappa shape index (κ1) is 10.3. The average Bonchev–Trinajstić information content (AvgIpc) is 2.08. The highest BCUT2D eigenvalue weighted by molar-refractivity contribution is 6.29. The minimum absolute atomic E-state index is 0.355. The van der Waals surface area contributed by atoms with Crippen LogP contribution in [0.2, 0.25) is 5.15 Å². The second-order valence-electron chi connectivity index (χ2n) is 3.54. The van der Waals surface area contributed by atoms with Crippen LogP contribution in [0.25, 0.3) is 0 Å². The van der Waals surface area contributed by atoms with Crippen molar-refractivity contribution in [2.75, 3.05) is 5.73 Å². The average molecular weight is 200 g/mol. The van der Waals surface area contributed by atoms with Crippen LogP contribution in [-0.4, -0.2) is 10.2 Å². The highest BCUT2D eigenvalue weighted by Crippen LogP contribution is 2.27. The fraction of sp³-hybridized carbons (Fsp3) is 0.556. The molecule has 3 nitrogen and oxygen atoms in total. The Hall–Kier alpha value is -0.830. The van der Waals surface area contributed by atoms with Crippen molar-refractivity contribution in [3.05, 3.63) is 16.8 Å². The van der Waals surface area contributed by atoms with Gasteiger partial charge in [-0.25, -0.2) is 0 Å². The third-order valence-corrected chi connectivity index (χ3v) is 2.50. The molecule has 0 aliphatic carbocycles. The molecule has 1 atom stereocenters. The summed E-state index contributed by atoms with van der Waals surface area (Å²) < 4.78 is 0. The van der Waals surface area contributed by atoms with E-state index in [4.69, 9.17) is 17.3 Å². The second-order valence-corrected chi connectivity index (χ2v) is 3.93. The summed E-state index contributed by atoms with van der Waals surface area (Å²) in [4.78, 5) is 0. The van der Waals surface area contributed by atoms with Crippen molar-refractivity contribution in [3.63, 3.8) is 0 Å². The molecule has 0 saturated heterocycles. The van der Waals surface area contributed by atoms with E-state index in [1.54, 1.807) is 6.07 Å². The van der Waals surface area contributed by atoms with Crippen LogP contribution < -0.4 is 5.73 Å². The van der Waals surface area contributed by atoms with Gasteiger partial charge >= 0.3 is 0 Å². The van der Waals surface area contributed by atoms with E-state index in [0.29, 0.717) is 22.8 Å². The summed E-state index contributed by atoms with van der Waals surface area (Å²) in [7, 11) is 0. The van der Waals surface area contributed by atoms with Crippen LogP contribution in [0.4, 0.5) is 5.82 Å². The van der Waals surface area contributed by atoms with Gasteiger partial charge in [0.1, 0.15) is 5.82 Å². The third-order valence-electron chi connectivity index (χ3n) is 2.31. The minimum atomic E-state index is 0.355. The van der Waals surface area contributed by atoms with Crippen molar-refractivity contribution in [3.8, 4) is 0 Å². The number of anilines is 1. The molecule has 0 radical (unpaired) electrons. The summed E-state index contributed by atoms with van der Waals surface area (Å²) in [6.45, 7) is 6.38. The molecule has 0 bridgehead atoms. The topological polar surface area (TPSA) is 51.8 Å². The molecule has 1 heterocycles. The summed E-state index contributed by atoms with van der Waals surface area (Å²) in [5, 5.41) is 7.85. The summed E-state index contributed by atoms with van der Waals surface area (Å²) in [6, 6.07) is 1.79. The Morgan fingerprint density at radius 3 is 2.46 bits per heavy atom. The van der Waals surface area contributed by atoms with Crippen molar-refractivity contribution in [1.82, 2.24) is 10.2 Å². The van der Waals surface area contributed by atoms with E-state index in [1.807, 2.05) is 0 Å². The van der Waals surface area contributed by atoms with Gasteiger partial charge in [0.15, 0.2) is 5.15 Å². The number of nitrogens with two attached hydrogens (primary N) is 1. The lowest BCUT2D eigenvalue weighted by atomic mass is 9.91. The largest absolute Gasteiger partial charge is 0.382 e. The molecule has 0 aliphatic rings. The van der Waals surface area contributed by atoms with Crippen molar-refractivity contribution >= 4 is 17.4 Å². The maximum absolute atomic E-state index is 5.74. The first-order valence-electron chi connectivity index (χ1n) is 4.31. The molecule has 13 heavy (non-hydrogen) atoms. The summed E-state index contributed by atoms with van der Waals surface area (Å²) in [6.07, 6.45) is 0. The first-order valence-corrected chi connectivity index (χ1v) is 4.68. The molecule has 0 saturated carbocycles. The fourth-order valence-corrected chi connectivity index (χ4v) is 1.27. The van der Waals surface area contributed by atoms with Crippen molar-refractivity contribution in [2.45, 2.75) is 26.7 Å². The van der Waals surface area contributed by atoms with Gasteiger partial charge in [0.2, 0.25) is 0 Å². The zero-order valence-electron chi connectivity index (χ0n) is 8.08. The van der Waals surface area contributed by atoms with Gasteiger partial charge in [-0.3, -0.25) is 0 Å². The number of rotatable bonds is 2. The number of aromatic nitrogens is 2. The molecule has 0 aliphatic heterocycles. The molecule has 0 fully saturated rings. The van der Waals surface area contributed by atoms with Crippen LogP contribution in [0.3, 0.4) is 0 Å². The van der Waals surface area contributed by atoms with Gasteiger partial charge in [0.05, 0.1) is 0 Å². The molecular formula is C9H14ClN3. The fourth-order valence-electron chi connectivity index (χ4n) is 1.11. The maximum atomic E-state index is 5.74. The van der Waals surface area contributed by atoms with Crippen molar-refractivity contribution < 1.29 is 0 Å². The summed E-state index contributed by atoms with van der Waals surface area (Å²) in [5.74, 6) is 1.35. The Kier molecular flexibility index (Phi) is 3.09. The van der Waals surface area contributed by atoms with Crippen LogP contribution in [0.15, 0.2) is 6.07 Å². The normalized spacial score (nSPS) is 13.3. The molecule has 0 spiro atoms. The quantitative estimate of drug-likeness (QED) is 0.796. The van der Waals surface area contributed by atoms with E-state index in [0.717, 1.165) is 5.56 Å². The number of nitrogen functional groups attached to an aromatic ring is 1. The summed E-state index contributed by atoms with van der Waals surface area (Å²) >= 11 is 5.74. The Bertz CT molecular complexity index is 299. The predicted octanol–water partition coefficient (Wildman–Crippen LogP) is 2.47. The lowest BCUT2D eigenvalue weighted by Crippen LogP contribution is -2.08. The number of halogens is 1. The van der Waals surface area contributed by atoms with Gasteiger partial charge in [0, 0.05) is 5.56 Å². The number of hydrogen-bond acceptors (Lipinski definition) is 3. The maximum Gasteiger partial charge on any atom is 0.152 e. The van der Waals surface area contributed by atoms with Crippen LogP contribution >= 0.6 is 11.6 Å². The Morgan fingerprint density at radius 1 is 1.31 bits per heavy atom. The number of nitrogens with zero attached hydrogens (tertiary/aromatic N) is 2. The zero-order valence-corrected chi connectivity index (χ0v) is 8.84. The molecule has 0 amide bonds. The highest BCUT2D eigenvalue weighted by Gasteiger charge is 2.14. The molecule has 2 N–H and O–H groups in total. The monoisotopic (exact) mass is 199 g/mol. The SMILES string of the molecule is CC(C)C(C)c1cc(Cl)nnc1N. The Labute approximate surface area is 83.3 Å². The molecule has 1 aromatic heterocycles. The molecule has 0 aromatic carbocycles. The lowest BCUT2D eigenvalue weighted by molar-refractivity contribution is 0.534. The summed E-state index contributed by atoms with van der Waals surface area (Å²) in [5.41, 5.74) is 6.68. The van der Waals surface area contributed by atoms with E-state index >= 15 is 0 Å². The van der Waals surface area contributed by atoms with Gasteiger partial charge in [-0.15, -0.1) is 10.2 Å². The van der Waals surface area contributed by atoms with E-state index in [-0.39, 0.29) is 0 Å². The predicted molar refractivity (Wildman–Crippen MR) is 54.7 cm³/mol. The van der Waals surface area contributed by atoms with Crippen molar-refractivity contribution in [1.29, 1.82) is 0 Å². The van der Waals surface area contributed by atoms with E-state index < -0.39 is 0 Å². The zero-order chi connectivity index (χ0) is 10.0. The van der Waals surface area contributed by atoms with Gasteiger partial charge < -0.3 is 5.73 Å². The van der Waals surface area contributed by atoms with Crippen LogP contribution in [0, 0.1) is 5.92 Å². The van der Waals surface area contributed by atoms with Crippen molar-refractivity contribution in [2.24, 2.45) is 5.92 Å². The van der Waals surface area contributed by atoms with Gasteiger partial charge in [-0.1, -0.05) is 32.4 Å². The first-order chi connectivity index (χ1) is 6.02. The third kappa shape index (κ3) is 2.31. The Balaban J connectivity index is 3.05. The molecule has 1 aromatic rings. The molecule has 72 valence electrons. The highest BCUT2D eigenvalue weighted by atomic mass is 35.5. The van der Waals surface area contributed by atoms with Crippen LogP contribution in [-0.2, 0) is 0 Å². The van der Waals surface area contributed by atoms with Gasteiger partial charge in [0.25, 0.3) is 0 Å². The minimum Gasteiger partial charge on any atom is -0.382 e. The van der Waals surface area contributed by atoms with Crippen LogP contribution in [0.1, 0.15) is 32.3 Å². The molecular weight excluding hydrogens is 186 g/mol. The molecule has 1 unspecified atom stereocenters. The molecule has 1 rings (SSSR count).